The molecule has 8 nitrogen and oxygen atoms in total. The van der Waals surface area contributed by atoms with Crippen molar-refractivity contribution in [1.29, 1.82) is 0 Å². The number of carbonyl (C=O) groups excluding carboxylic acids is 3. The molecule has 1 unspecified atom stereocenters. The van der Waals surface area contributed by atoms with Crippen LogP contribution in [-0.4, -0.2) is 83.5 Å². The number of rotatable bonds is 4. The summed E-state index contributed by atoms with van der Waals surface area (Å²) in [4.78, 5) is 47.2. The van der Waals surface area contributed by atoms with Gasteiger partial charge < -0.3 is 14.5 Å². The molecular weight excluding hydrogens is 360 g/mol. The SMILES string of the molecule is COCCN1C(=O)C2CN(C(=O)c3ccc4ccccc4n3)CCCN2C1=O. The number of benzene rings is 1. The third kappa shape index (κ3) is 3.20. The molecule has 0 N–H and O–H groups in total. The van der Waals surface area contributed by atoms with Gasteiger partial charge in [-0.2, -0.15) is 0 Å². The molecule has 1 atom stereocenters. The van der Waals surface area contributed by atoms with E-state index in [4.69, 9.17) is 4.74 Å². The molecule has 8 heteroatoms. The van der Waals surface area contributed by atoms with Crippen LogP contribution in [0.1, 0.15) is 16.9 Å². The molecule has 4 amide bonds. The van der Waals surface area contributed by atoms with E-state index in [0.717, 1.165) is 10.9 Å². The van der Waals surface area contributed by atoms with Crippen molar-refractivity contribution in [1.82, 2.24) is 19.7 Å². The number of imide groups is 1. The number of nitrogens with zero attached hydrogens (tertiary/aromatic N) is 4. The van der Waals surface area contributed by atoms with Crippen molar-refractivity contribution in [3.63, 3.8) is 0 Å². The second-order valence-corrected chi connectivity index (χ2v) is 6.97. The molecule has 2 aromatic rings. The summed E-state index contributed by atoms with van der Waals surface area (Å²) >= 11 is 0. The molecule has 4 rings (SSSR count). The van der Waals surface area contributed by atoms with Crippen molar-refractivity contribution < 1.29 is 19.1 Å². The Morgan fingerprint density at radius 1 is 1.18 bits per heavy atom. The Morgan fingerprint density at radius 3 is 2.82 bits per heavy atom. The smallest absolute Gasteiger partial charge is 0.327 e. The topological polar surface area (TPSA) is 83.1 Å². The number of urea groups is 1. The van der Waals surface area contributed by atoms with Gasteiger partial charge in [0.05, 0.1) is 25.2 Å². The van der Waals surface area contributed by atoms with Crippen molar-refractivity contribution >= 4 is 28.7 Å². The van der Waals surface area contributed by atoms with Gasteiger partial charge in [-0.05, 0) is 18.6 Å². The summed E-state index contributed by atoms with van der Waals surface area (Å²) < 4.78 is 4.99. The van der Waals surface area contributed by atoms with Crippen molar-refractivity contribution in [3.05, 3.63) is 42.1 Å². The van der Waals surface area contributed by atoms with Gasteiger partial charge in [0.2, 0.25) is 0 Å². The molecule has 0 bridgehead atoms. The Bertz CT molecular complexity index is 931. The lowest BCUT2D eigenvalue weighted by Gasteiger charge is -2.23. The summed E-state index contributed by atoms with van der Waals surface area (Å²) in [5, 5.41) is 0.964. The van der Waals surface area contributed by atoms with Gasteiger partial charge in [0.25, 0.3) is 11.8 Å². The maximum absolute atomic E-state index is 13.0. The number of para-hydroxylation sites is 1. The van der Waals surface area contributed by atoms with E-state index in [0.29, 0.717) is 31.8 Å². The Labute approximate surface area is 162 Å². The maximum atomic E-state index is 13.0. The third-order valence-corrected chi connectivity index (χ3v) is 5.25. The predicted molar refractivity (Wildman–Crippen MR) is 102 cm³/mol. The first-order chi connectivity index (χ1) is 13.6. The Morgan fingerprint density at radius 2 is 2.00 bits per heavy atom. The van der Waals surface area contributed by atoms with Crippen LogP contribution in [0, 0.1) is 0 Å². The molecule has 146 valence electrons. The van der Waals surface area contributed by atoms with E-state index in [1.54, 1.807) is 15.9 Å². The first-order valence-electron chi connectivity index (χ1n) is 9.36. The number of aromatic nitrogens is 1. The fourth-order valence-electron chi connectivity index (χ4n) is 3.78. The third-order valence-electron chi connectivity index (χ3n) is 5.25. The highest BCUT2D eigenvalue weighted by molar-refractivity contribution is 6.05. The van der Waals surface area contributed by atoms with Crippen LogP contribution >= 0.6 is 0 Å². The fraction of sp³-hybridized carbons (Fsp3) is 0.400. The second kappa shape index (κ2) is 7.55. The molecule has 1 aromatic carbocycles. The lowest BCUT2D eigenvalue weighted by atomic mass is 10.2. The quantitative estimate of drug-likeness (QED) is 0.746. The minimum Gasteiger partial charge on any atom is -0.383 e. The highest BCUT2D eigenvalue weighted by Gasteiger charge is 2.46. The van der Waals surface area contributed by atoms with Gasteiger partial charge in [-0.25, -0.2) is 9.78 Å². The predicted octanol–water partition coefficient (Wildman–Crippen LogP) is 1.36. The molecule has 0 saturated carbocycles. The summed E-state index contributed by atoms with van der Waals surface area (Å²) in [7, 11) is 1.53. The number of hydrogen-bond acceptors (Lipinski definition) is 5. The van der Waals surface area contributed by atoms with Gasteiger partial charge in [0.15, 0.2) is 0 Å². The van der Waals surface area contributed by atoms with E-state index < -0.39 is 6.04 Å². The number of hydrogen-bond donors (Lipinski definition) is 0. The van der Waals surface area contributed by atoms with E-state index in [9.17, 15) is 14.4 Å². The molecular formula is C20H22N4O4. The number of ether oxygens (including phenoxy) is 1. The molecule has 1 aromatic heterocycles. The minimum atomic E-state index is -0.642. The minimum absolute atomic E-state index is 0.182. The van der Waals surface area contributed by atoms with Gasteiger partial charge in [-0.15, -0.1) is 0 Å². The van der Waals surface area contributed by atoms with Crippen LogP contribution in [0.5, 0.6) is 0 Å². The van der Waals surface area contributed by atoms with E-state index in [1.165, 1.54) is 12.0 Å². The van der Waals surface area contributed by atoms with Crippen LogP contribution in [0.4, 0.5) is 4.79 Å². The Hall–Kier alpha value is -3.00. The van der Waals surface area contributed by atoms with Crippen LogP contribution in [0.25, 0.3) is 10.9 Å². The van der Waals surface area contributed by atoms with Crippen LogP contribution in [0.15, 0.2) is 36.4 Å². The summed E-state index contributed by atoms with van der Waals surface area (Å²) in [6.45, 7) is 1.64. The molecule has 2 saturated heterocycles. The van der Waals surface area contributed by atoms with Crippen LogP contribution in [0.3, 0.4) is 0 Å². The molecule has 28 heavy (non-hydrogen) atoms. The molecule has 2 aliphatic rings. The zero-order valence-electron chi connectivity index (χ0n) is 15.7. The van der Waals surface area contributed by atoms with Crippen LogP contribution in [0.2, 0.25) is 0 Å². The van der Waals surface area contributed by atoms with Crippen molar-refractivity contribution in [3.8, 4) is 0 Å². The van der Waals surface area contributed by atoms with E-state index in [2.05, 4.69) is 4.98 Å². The van der Waals surface area contributed by atoms with Gasteiger partial charge in [-0.3, -0.25) is 14.5 Å². The van der Waals surface area contributed by atoms with E-state index >= 15 is 0 Å². The first-order valence-corrected chi connectivity index (χ1v) is 9.36. The maximum Gasteiger partial charge on any atom is 0.327 e. The first kappa shape index (κ1) is 18.4. The normalized spacial score (nSPS) is 19.9. The number of methoxy groups -OCH3 is 1. The van der Waals surface area contributed by atoms with Gasteiger partial charge >= 0.3 is 6.03 Å². The van der Waals surface area contributed by atoms with Gasteiger partial charge in [0, 0.05) is 25.6 Å². The molecule has 0 spiro atoms. The number of fused-ring (bicyclic) bond motifs is 2. The van der Waals surface area contributed by atoms with Crippen LogP contribution in [-0.2, 0) is 9.53 Å². The molecule has 2 fully saturated rings. The fourth-order valence-corrected chi connectivity index (χ4v) is 3.78. The lowest BCUT2D eigenvalue weighted by molar-refractivity contribution is -0.128. The number of carbonyl (C=O) groups is 3. The summed E-state index contributed by atoms with van der Waals surface area (Å²) in [6.07, 6.45) is 0.618. The summed E-state index contributed by atoms with van der Waals surface area (Å²) in [5.74, 6) is -0.489. The highest BCUT2D eigenvalue weighted by Crippen LogP contribution is 2.23. The largest absolute Gasteiger partial charge is 0.383 e. The average molecular weight is 382 g/mol. The summed E-state index contributed by atoms with van der Waals surface area (Å²) in [6, 6.07) is 10.2. The zero-order chi connectivity index (χ0) is 19.7. The van der Waals surface area contributed by atoms with E-state index in [1.807, 2.05) is 30.3 Å². The standard InChI is InChI=1S/C20H22N4O4/c1-28-12-11-24-19(26)17-13-22(9-4-10-23(17)20(24)27)18(25)16-8-7-14-5-2-3-6-15(14)21-16/h2-3,5-8,17H,4,9-13H2,1H3. The molecule has 0 aliphatic carbocycles. The number of amides is 4. The monoisotopic (exact) mass is 382 g/mol. The average Bonchev–Trinajstić information content (AvgIpc) is 2.88. The van der Waals surface area contributed by atoms with Crippen molar-refractivity contribution in [2.24, 2.45) is 0 Å². The van der Waals surface area contributed by atoms with E-state index in [-0.39, 0.29) is 30.9 Å². The Kier molecular flexibility index (Phi) is 4.95. The van der Waals surface area contributed by atoms with Crippen molar-refractivity contribution in [2.45, 2.75) is 12.5 Å². The van der Waals surface area contributed by atoms with Crippen LogP contribution < -0.4 is 0 Å². The number of pyridine rings is 1. The molecule has 0 radical (unpaired) electrons. The Balaban J connectivity index is 1.55. The molecule has 2 aliphatic heterocycles. The highest BCUT2D eigenvalue weighted by atomic mass is 16.5. The van der Waals surface area contributed by atoms with Gasteiger partial charge in [0.1, 0.15) is 11.7 Å². The second-order valence-electron chi connectivity index (χ2n) is 6.97. The lowest BCUT2D eigenvalue weighted by Crippen LogP contribution is -2.44. The van der Waals surface area contributed by atoms with Gasteiger partial charge in [-0.1, -0.05) is 24.3 Å². The summed E-state index contributed by atoms with van der Waals surface area (Å²) in [5.41, 5.74) is 1.10. The van der Waals surface area contributed by atoms with Crippen molar-refractivity contribution in [2.75, 3.05) is 39.9 Å². The zero-order valence-corrected chi connectivity index (χ0v) is 15.7. The molecule has 3 heterocycles.